The van der Waals surface area contributed by atoms with Gasteiger partial charge in [-0.1, -0.05) is 12.1 Å². The van der Waals surface area contributed by atoms with Crippen LogP contribution in [0.1, 0.15) is 9.67 Å². The molecule has 3 rings (SSSR count). The van der Waals surface area contributed by atoms with Gasteiger partial charge in [0.25, 0.3) is 5.78 Å². The highest BCUT2D eigenvalue weighted by atomic mass is 32.1. The maximum absolute atomic E-state index is 13.7. The van der Waals surface area contributed by atoms with E-state index in [1.54, 1.807) is 6.07 Å². The number of hydrogen-bond acceptors (Lipinski definition) is 4. The zero-order valence-electron chi connectivity index (χ0n) is 12.2. The van der Waals surface area contributed by atoms with Crippen LogP contribution in [0, 0.1) is 5.82 Å². The first kappa shape index (κ1) is 16.3. The number of halogens is 3. The lowest BCUT2D eigenvalue weighted by molar-refractivity contribution is -0.161. The van der Waals surface area contributed by atoms with Crippen molar-refractivity contribution < 1.29 is 27.5 Å². The number of hydrogen-bond donors (Lipinski definition) is 1. The predicted molar refractivity (Wildman–Crippen MR) is 82.9 cm³/mol. The lowest BCUT2D eigenvalue weighted by atomic mass is 10.1. The van der Waals surface area contributed by atoms with E-state index in [0.29, 0.717) is 16.5 Å². The molecule has 1 aromatic carbocycles. The maximum Gasteiger partial charge on any atom is 0.405 e. The lowest BCUT2D eigenvalue weighted by Gasteiger charge is -2.10. The van der Waals surface area contributed by atoms with Crippen molar-refractivity contribution in [1.29, 1.82) is 0 Å². The molecule has 0 radical (unpaired) electrons. The highest BCUT2D eigenvalue weighted by molar-refractivity contribution is 7.12. The van der Waals surface area contributed by atoms with E-state index in [2.05, 4.69) is 9.72 Å². The molecule has 0 saturated heterocycles. The second-order valence-corrected chi connectivity index (χ2v) is 5.87. The number of aromatic nitrogens is 1. The van der Waals surface area contributed by atoms with E-state index in [-0.39, 0.29) is 10.4 Å². The number of para-hydroxylation sites is 1. The van der Waals surface area contributed by atoms with Gasteiger partial charge in [0.15, 0.2) is 0 Å². The van der Waals surface area contributed by atoms with Crippen LogP contribution in [0.3, 0.4) is 0 Å². The largest absolute Gasteiger partial charge is 0.464 e. The van der Waals surface area contributed by atoms with E-state index in [9.17, 15) is 22.8 Å². The Bertz CT molecular complexity index is 945. The van der Waals surface area contributed by atoms with Gasteiger partial charge in [0.1, 0.15) is 5.82 Å². The number of benzene rings is 1. The molecule has 4 nitrogen and oxygen atoms in total. The molecule has 24 heavy (non-hydrogen) atoms. The van der Waals surface area contributed by atoms with Gasteiger partial charge in [-0.15, -0.1) is 11.3 Å². The smallest absolute Gasteiger partial charge is 0.405 e. The number of fused-ring (bicyclic) bond motifs is 1. The number of nitrogens with one attached hydrogen (secondary N) is 1. The third-order valence-electron chi connectivity index (χ3n) is 3.53. The first-order valence-electron chi connectivity index (χ1n) is 6.71. The lowest BCUT2D eigenvalue weighted by Crippen LogP contribution is -2.38. The van der Waals surface area contributed by atoms with Crippen molar-refractivity contribution in [1.82, 2.24) is 4.98 Å². The van der Waals surface area contributed by atoms with Crippen molar-refractivity contribution in [3.63, 3.8) is 0 Å². The van der Waals surface area contributed by atoms with E-state index in [1.165, 1.54) is 29.8 Å². The topological polar surface area (TPSA) is 59.2 Å². The molecular formula is C16H10F3NO3S. The molecule has 0 aliphatic heterocycles. The Morgan fingerprint density at radius 1 is 1.29 bits per heavy atom. The summed E-state index contributed by atoms with van der Waals surface area (Å²) in [4.78, 5) is 25.4. The number of alkyl halides is 2. The first-order valence-corrected chi connectivity index (χ1v) is 7.59. The number of Topliss-reactive ketones (excluding diaryl/α,β-unsaturated/α-hetero) is 1. The summed E-state index contributed by atoms with van der Waals surface area (Å²) in [5.41, 5.74) is 1.33. The van der Waals surface area contributed by atoms with Gasteiger partial charge in [0.05, 0.1) is 17.5 Å². The molecule has 2 heterocycles. The minimum absolute atomic E-state index is 0.284. The zero-order chi connectivity index (χ0) is 17.5. The Balaban J connectivity index is 2.00. The van der Waals surface area contributed by atoms with Gasteiger partial charge in [-0.2, -0.15) is 8.78 Å². The van der Waals surface area contributed by atoms with Crippen LogP contribution in [0.5, 0.6) is 0 Å². The summed E-state index contributed by atoms with van der Waals surface area (Å²) >= 11 is 0.778. The third-order valence-corrected chi connectivity index (χ3v) is 4.45. The number of thiophene rings is 1. The Labute approximate surface area is 137 Å². The van der Waals surface area contributed by atoms with Crippen LogP contribution in [0.25, 0.3) is 22.0 Å². The molecule has 0 aliphatic carbocycles. The fourth-order valence-corrected chi connectivity index (χ4v) is 3.21. The zero-order valence-corrected chi connectivity index (χ0v) is 13.0. The number of carbonyl (C=O) groups excluding carboxylic acids is 2. The minimum Gasteiger partial charge on any atom is -0.464 e. The number of rotatable bonds is 4. The van der Waals surface area contributed by atoms with E-state index in [1.807, 2.05) is 0 Å². The van der Waals surface area contributed by atoms with Crippen molar-refractivity contribution in [2.24, 2.45) is 0 Å². The minimum atomic E-state index is -4.25. The Hall–Kier alpha value is -2.61. The van der Waals surface area contributed by atoms with Crippen LogP contribution in [0.15, 0.2) is 35.8 Å². The number of ether oxygens (including phenoxy) is 1. The molecule has 0 spiro atoms. The van der Waals surface area contributed by atoms with Gasteiger partial charge in [0, 0.05) is 17.1 Å². The first-order chi connectivity index (χ1) is 11.4. The molecule has 0 bridgehead atoms. The van der Waals surface area contributed by atoms with E-state index in [4.69, 9.17) is 0 Å². The number of ketones is 1. The molecule has 8 heteroatoms. The molecule has 1 N–H and O–H groups in total. The summed E-state index contributed by atoms with van der Waals surface area (Å²) in [5, 5.41) is 2.06. The van der Waals surface area contributed by atoms with E-state index >= 15 is 0 Å². The molecule has 3 aromatic rings. The van der Waals surface area contributed by atoms with Gasteiger partial charge >= 0.3 is 11.9 Å². The average molecular weight is 353 g/mol. The number of aromatic amines is 1. The molecule has 0 atom stereocenters. The van der Waals surface area contributed by atoms with Gasteiger partial charge in [-0.05, 0) is 23.1 Å². The molecule has 0 fully saturated rings. The SMILES string of the molecule is COC(=O)C(F)(F)C(=O)c1cc(-c2c[nH]c3c(F)cccc23)cs1. The number of methoxy groups -OCH3 is 1. The summed E-state index contributed by atoms with van der Waals surface area (Å²) in [5.74, 6) is -8.22. The van der Waals surface area contributed by atoms with Crippen molar-refractivity contribution in [3.8, 4) is 11.1 Å². The summed E-state index contributed by atoms with van der Waals surface area (Å²) in [7, 11) is 0.782. The second-order valence-electron chi connectivity index (χ2n) is 4.96. The van der Waals surface area contributed by atoms with Gasteiger partial charge < -0.3 is 9.72 Å². The summed E-state index contributed by atoms with van der Waals surface area (Å²) in [6, 6.07) is 5.74. The van der Waals surface area contributed by atoms with Gasteiger partial charge in [0.2, 0.25) is 0 Å². The quantitative estimate of drug-likeness (QED) is 0.438. The maximum atomic E-state index is 13.7. The molecule has 0 unspecified atom stereocenters. The standard InChI is InChI=1S/C16H10F3NO3S/c1-23-15(22)16(18,19)14(21)12-5-8(7-24-12)10-6-20-13-9(10)3-2-4-11(13)17/h2-7,20H,1H3. The van der Waals surface area contributed by atoms with Crippen LogP contribution in [-0.4, -0.2) is 29.8 Å². The van der Waals surface area contributed by atoms with Crippen molar-refractivity contribution >= 4 is 34.0 Å². The van der Waals surface area contributed by atoms with Crippen LogP contribution < -0.4 is 0 Å². The monoisotopic (exact) mass is 353 g/mol. The highest BCUT2D eigenvalue weighted by Crippen LogP contribution is 2.34. The average Bonchev–Trinajstić information content (AvgIpc) is 3.20. The fourth-order valence-electron chi connectivity index (χ4n) is 2.33. The molecule has 0 aliphatic rings. The fraction of sp³-hybridized carbons (Fsp3) is 0.125. The molecule has 2 aromatic heterocycles. The number of carbonyl (C=O) groups is 2. The second kappa shape index (κ2) is 5.79. The van der Waals surface area contributed by atoms with Gasteiger partial charge in [-0.3, -0.25) is 4.79 Å². The molecule has 124 valence electrons. The molecule has 0 saturated carbocycles. The number of esters is 1. The summed E-state index contributed by atoms with van der Waals surface area (Å²) < 4.78 is 45.0. The van der Waals surface area contributed by atoms with E-state index < -0.39 is 23.5 Å². The Morgan fingerprint density at radius 2 is 2.04 bits per heavy atom. The predicted octanol–water partition coefficient (Wildman–Crippen LogP) is 4.03. The van der Waals surface area contributed by atoms with Crippen molar-refractivity contribution in [2.45, 2.75) is 5.92 Å². The van der Waals surface area contributed by atoms with Crippen molar-refractivity contribution in [3.05, 3.63) is 46.5 Å². The molecular weight excluding hydrogens is 343 g/mol. The Morgan fingerprint density at radius 3 is 2.75 bits per heavy atom. The van der Waals surface area contributed by atoms with Gasteiger partial charge in [-0.25, -0.2) is 9.18 Å². The normalized spacial score (nSPS) is 11.7. The van der Waals surface area contributed by atoms with E-state index in [0.717, 1.165) is 18.4 Å². The summed E-state index contributed by atoms with van der Waals surface area (Å²) in [6.45, 7) is 0. The molecule has 0 amide bonds. The Kier molecular flexibility index (Phi) is 3.92. The van der Waals surface area contributed by atoms with Crippen LogP contribution in [0.2, 0.25) is 0 Å². The van der Waals surface area contributed by atoms with Crippen LogP contribution >= 0.6 is 11.3 Å². The van der Waals surface area contributed by atoms with Crippen LogP contribution in [-0.2, 0) is 9.53 Å². The highest BCUT2D eigenvalue weighted by Gasteiger charge is 2.49. The third kappa shape index (κ3) is 2.48. The number of H-pyrrole nitrogens is 1. The van der Waals surface area contributed by atoms with Crippen LogP contribution in [0.4, 0.5) is 13.2 Å². The van der Waals surface area contributed by atoms with Crippen molar-refractivity contribution in [2.75, 3.05) is 7.11 Å². The summed E-state index contributed by atoms with van der Waals surface area (Å²) in [6.07, 6.45) is 1.53.